The molecule has 1 heterocycles. The minimum atomic E-state index is -0.463. The van der Waals surface area contributed by atoms with Gasteiger partial charge in [0.05, 0.1) is 19.3 Å². The van der Waals surface area contributed by atoms with E-state index in [9.17, 15) is 5.11 Å². The largest absolute Gasteiger partial charge is 0.387 e. The van der Waals surface area contributed by atoms with E-state index in [1.807, 2.05) is 36.4 Å². The summed E-state index contributed by atoms with van der Waals surface area (Å²) in [5, 5.41) is 10.6. The molecule has 0 bridgehead atoms. The van der Waals surface area contributed by atoms with Gasteiger partial charge in [-0.25, -0.2) is 0 Å². The molecule has 2 aromatic carbocycles. The van der Waals surface area contributed by atoms with Gasteiger partial charge in [-0.15, -0.1) is 0 Å². The lowest BCUT2D eigenvalue weighted by molar-refractivity contribution is 0.0291. The molecule has 1 unspecified atom stereocenters. The lowest BCUT2D eigenvalue weighted by Gasteiger charge is -2.31. The predicted molar refractivity (Wildman–Crippen MR) is 100 cm³/mol. The Balaban J connectivity index is 1.60. The minimum Gasteiger partial charge on any atom is -0.387 e. The maximum absolute atomic E-state index is 10.6. The molecule has 0 spiro atoms. The van der Waals surface area contributed by atoms with Crippen LogP contribution in [0.15, 0.2) is 60.7 Å². The fraction of sp³-hybridized carbons (Fsp3) is 0.429. The molecule has 3 rings (SSSR count). The highest BCUT2D eigenvalue weighted by Crippen LogP contribution is 2.15. The third-order valence-electron chi connectivity index (χ3n) is 4.70. The van der Waals surface area contributed by atoms with Crippen LogP contribution in [0.1, 0.15) is 17.2 Å². The first-order valence-corrected chi connectivity index (χ1v) is 9.10. The first-order chi connectivity index (χ1) is 12.3. The molecule has 1 aliphatic rings. The van der Waals surface area contributed by atoms with Gasteiger partial charge in [0.2, 0.25) is 0 Å². The molecule has 1 fully saturated rings. The molecule has 1 aliphatic heterocycles. The molecule has 25 heavy (non-hydrogen) atoms. The zero-order valence-electron chi connectivity index (χ0n) is 14.8. The van der Waals surface area contributed by atoms with Crippen LogP contribution in [0.2, 0.25) is 0 Å². The molecule has 2 aromatic rings. The maximum Gasteiger partial charge on any atom is 0.0917 e. The van der Waals surface area contributed by atoms with Crippen LogP contribution >= 0.6 is 0 Å². The van der Waals surface area contributed by atoms with Gasteiger partial charge in [0.1, 0.15) is 0 Å². The Labute approximate surface area is 150 Å². The number of morpholine rings is 1. The highest BCUT2D eigenvalue weighted by molar-refractivity contribution is 5.18. The molecule has 0 saturated carbocycles. The summed E-state index contributed by atoms with van der Waals surface area (Å²) in [7, 11) is 0. The fourth-order valence-corrected chi connectivity index (χ4v) is 3.21. The maximum atomic E-state index is 10.6. The minimum absolute atomic E-state index is 0.463. The van der Waals surface area contributed by atoms with Gasteiger partial charge in [-0.2, -0.15) is 0 Å². The van der Waals surface area contributed by atoms with Gasteiger partial charge >= 0.3 is 0 Å². The normalized spacial score (nSPS) is 16.9. The Morgan fingerprint density at radius 2 is 1.60 bits per heavy atom. The summed E-state index contributed by atoms with van der Waals surface area (Å²) in [6.07, 6.45) is -0.463. The fourth-order valence-electron chi connectivity index (χ4n) is 3.21. The summed E-state index contributed by atoms with van der Waals surface area (Å²) in [6, 6.07) is 20.4. The standard InChI is InChI=1S/C21H28N2O2/c24-21(20-9-5-2-6-10-20)18-23(17-19-7-3-1-4-8-19)12-11-22-13-15-25-16-14-22/h1-10,21,24H,11-18H2. The lowest BCUT2D eigenvalue weighted by atomic mass is 10.1. The monoisotopic (exact) mass is 340 g/mol. The molecule has 0 aliphatic carbocycles. The van der Waals surface area contributed by atoms with Crippen LogP contribution < -0.4 is 0 Å². The van der Waals surface area contributed by atoms with Gasteiger partial charge in [-0.3, -0.25) is 9.80 Å². The molecule has 134 valence electrons. The second-order valence-electron chi connectivity index (χ2n) is 6.60. The van der Waals surface area contributed by atoms with E-state index in [0.717, 1.165) is 51.5 Å². The van der Waals surface area contributed by atoms with Gasteiger partial charge in [0.25, 0.3) is 0 Å². The zero-order chi connectivity index (χ0) is 17.3. The average Bonchev–Trinajstić information content (AvgIpc) is 2.68. The summed E-state index contributed by atoms with van der Waals surface area (Å²) in [6.45, 7) is 7.10. The second kappa shape index (κ2) is 9.68. The molecule has 1 atom stereocenters. The summed E-state index contributed by atoms with van der Waals surface area (Å²) in [5.41, 5.74) is 2.26. The smallest absolute Gasteiger partial charge is 0.0917 e. The molecule has 0 radical (unpaired) electrons. The number of ether oxygens (including phenoxy) is 1. The van der Waals surface area contributed by atoms with Gasteiger partial charge in [-0.1, -0.05) is 60.7 Å². The molecule has 0 amide bonds. The Morgan fingerprint density at radius 1 is 0.960 bits per heavy atom. The van der Waals surface area contributed by atoms with Crippen LogP contribution in [0.5, 0.6) is 0 Å². The van der Waals surface area contributed by atoms with Crippen molar-refractivity contribution < 1.29 is 9.84 Å². The quantitative estimate of drug-likeness (QED) is 0.801. The lowest BCUT2D eigenvalue weighted by Crippen LogP contribution is -2.42. The van der Waals surface area contributed by atoms with Crippen molar-refractivity contribution in [2.45, 2.75) is 12.6 Å². The van der Waals surface area contributed by atoms with E-state index in [1.54, 1.807) is 0 Å². The average molecular weight is 340 g/mol. The molecule has 1 saturated heterocycles. The number of aliphatic hydroxyl groups is 1. The number of aliphatic hydroxyl groups excluding tert-OH is 1. The first-order valence-electron chi connectivity index (χ1n) is 9.10. The van der Waals surface area contributed by atoms with Crippen molar-refractivity contribution in [3.8, 4) is 0 Å². The van der Waals surface area contributed by atoms with Crippen LogP contribution in [0, 0.1) is 0 Å². The molecule has 1 N–H and O–H groups in total. The number of benzene rings is 2. The Bertz CT molecular complexity index is 600. The van der Waals surface area contributed by atoms with E-state index in [4.69, 9.17) is 4.74 Å². The number of nitrogens with zero attached hydrogens (tertiary/aromatic N) is 2. The van der Waals surface area contributed by atoms with E-state index in [0.29, 0.717) is 6.54 Å². The summed E-state index contributed by atoms with van der Waals surface area (Å²) in [4.78, 5) is 4.79. The van der Waals surface area contributed by atoms with Gasteiger partial charge < -0.3 is 9.84 Å². The van der Waals surface area contributed by atoms with E-state index in [1.165, 1.54) is 5.56 Å². The molecule has 0 aromatic heterocycles. The summed E-state index contributed by atoms with van der Waals surface area (Å²) >= 11 is 0. The highest BCUT2D eigenvalue weighted by atomic mass is 16.5. The van der Waals surface area contributed by atoms with Crippen LogP contribution in [-0.4, -0.2) is 60.8 Å². The molecule has 4 heteroatoms. The zero-order valence-corrected chi connectivity index (χ0v) is 14.8. The van der Waals surface area contributed by atoms with Crippen molar-refractivity contribution in [3.05, 3.63) is 71.8 Å². The van der Waals surface area contributed by atoms with Gasteiger partial charge in [0.15, 0.2) is 0 Å². The van der Waals surface area contributed by atoms with Crippen molar-refractivity contribution in [3.63, 3.8) is 0 Å². The Kier molecular flexibility index (Phi) is 7.00. The van der Waals surface area contributed by atoms with Crippen molar-refractivity contribution in [2.75, 3.05) is 45.9 Å². The SMILES string of the molecule is OC(CN(CCN1CCOCC1)Cc1ccccc1)c1ccccc1. The first kappa shape index (κ1) is 18.1. The van der Waals surface area contributed by atoms with Crippen molar-refractivity contribution in [2.24, 2.45) is 0 Å². The van der Waals surface area contributed by atoms with Gasteiger partial charge in [-0.05, 0) is 11.1 Å². The third kappa shape index (κ3) is 5.94. The van der Waals surface area contributed by atoms with Gasteiger partial charge in [0, 0.05) is 39.3 Å². The second-order valence-corrected chi connectivity index (χ2v) is 6.60. The van der Waals surface area contributed by atoms with Crippen LogP contribution in [0.25, 0.3) is 0 Å². The number of rotatable bonds is 8. The van der Waals surface area contributed by atoms with Crippen molar-refractivity contribution in [1.82, 2.24) is 9.80 Å². The summed E-state index contributed by atoms with van der Waals surface area (Å²) in [5.74, 6) is 0. The van der Waals surface area contributed by atoms with Crippen molar-refractivity contribution in [1.29, 1.82) is 0 Å². The Hall–Kier alpha value is -1.72. The Morgan fingerprint density at radius 3 is 2.28 bits per heavy atom. The van der Waals surface area contributed by atoms with Crippen LogP contribution in [-0.2, 0) is 11.3 Å². The van der Waals surface area contributed by atoms with Crippen molar-refractivity contribution >= 4 is 0 Å². The molecular formula is C21H28N2O2. The van der Waals surface area contributed by atoms with E-state index in [2.05, 4.69) is 34.1 Å². The van der Waals surface area contributed by atoms with E-state index in [-0.39, 0.29) is 0 Å². The van der Waals surface area contributed by atoms with Crippen LogP contribution in [0.4, 0.5) is 0 Å². The summed E-state index contributed by atoms with van der Waals surface area (Å²) < 4.78 is 5.43. The topological polar surface area (TPSA) is 35.9 Å². The predicted octanol–water partition coefficient (Wildman–Crippen LogP) is 2.55. The van der Waals surface area contributed by atoms with Crippen LogP contribution in [0.3, 0.4) is 0 Å². The third-order valence-corrected chi connectivity index (χ3v) is 4.70. The van der Waals surface area contributed by atoms with E-state index < -0.39 is 6.10 Å². The number of hydrogen-bond acceptors (Lipinski definition) is 4. The highest BCUT2D eigenvalue weighted by Gasteiger charge is 2.16. The number of hydrogen-bond donors (Lipinski definition) is 1. The molecule has 4 nitrogen and oxygen atoms in total. The van der Waals surface area contributed by atoms with E-state index >= 15 is 0 Å². The molecular weight excluding hydrogens is 312 g/mol.